The number of hydrogen-bond acceptors (Lipinski definition) is 8. The number of rotatable bonds is 5. The fourth-order valence-corrected chi connectivity index (χ4v) is 5.50. The number of nitriles is 1. The number of anilines is 4. The van der Waals surface area contributed by atoms with Crippen molar-refractivity contribution in [1.82, 2.24) is 19.8 Å². The zero-order valence-electron chi connectivity index (χ0n) is 21.7. The van der Waals surface area contributed by atoms with Crippen LogP contribution in [0.5, 0.6) is 0 Å². The van der Waals surface area contributed by atoms with Gasteiger partial charge in [-0.15, -0.1) is 0 Å². The fourth-order valence-electron chi connectivity index (χ4n) is 5.35. The van der Waals surface area contributed by atoms with Crippen LogP contribution in [0.25, 0.3) is 0 Å². The highest BCUT2D eigenvalue weighted by Gasteiger charge is 2.43. The third kappa shape index (κ3) is 5.64. The van der Waals surface area contributed by atoms with Crippen LogP contribution in [0, 0.1) is 11.3 Å². The van der Waals surface area contributed by atoms with Gasteiger partial charge in [-0.25, -0.2) is 4.98 Å². The Morgan fingerprint density at radius 1 is 1.06 bits per heavy atom. The van der Waals surface area contributed by atoms with Crippen molar-refractivity contribution < 1.29 is 0 Å². The number of benzene rings is 1. The maximum atomic E-state index is 9.78. The van der Waals surface area contributed by atoms with Gasteiger partial charge < -0.3 is 20.4 Å². The molecule has 1 aromatic carbocycles. The van der Waals surface area contributed by atoms with E-state index in [0.29, 0.717) is 22.4 Å². The lowest BCUT2D eigenvalue weighted by molar-refractivity contribution is -0.00772. The third-order valence-electron chi connectivity index (χ3n) is 7.61. The van der Waals surface area contributed by atoms with Gasteiger partial charge in [-0.2, -0.15) is 10.2 Å². The standard InChI is InChI=1S/C26H37ClN8/c1-25(2)14-20(15-26(3,4)34(25)6)30-23-21(27)17-29-24(32-23)31-19-7-8-22(18(13-19)16-28)35-11-9-33(5)10-12-35/h7-8,13,17,20H,9-12,14-15H2,1-6H3,(H2,29,30,31,32). The minimum absolute atomic E-state index is 0.0548. The molecule has 4 rings (SSSR count). The Morgan fingerprint density at radius 2 is 1.71 bits per heavy atom. The average Bonchev–Trinajstić information content (AvgIpc) is 2.80. The molecule has 35 heavy (non-hydrogen) atoms. The van der Waals surface area contributed by atoms with Crippen LogP contribution in [0.15, 0.2) is 24.4 Å². The van der Waals surface area contributed by atoms with E-state index in [0.717, 1.165) is 50.4 Å². The predicted molar refractivity (Wildman–Crippen MR) is 144 cm³/mol. The smallest absolute Gasteiger partial charge is 0.229 e. The van der Waals surface area contributed by atoms with Crippen molar-refractivity contribution in [2.45, 2.75) is 57.7 Å². The fraction of sp³-hybridized carbons (Fsp3) is 0.577. The highest BCUT2D eigenvalue weighted by Crippen LogP contribution is 2.38. The largest absolute Gasteiger partial charge is 0.368 e. The molecular weight excluding hydrogens is 460 g/mol. The number of nitrogens with one attached hydrogen (secondary N) is 2. The van der Waals surface area contributed by atoms with Gasteiger partial charge in [0.2, 0.25) is 5.95 Å². The minimum atomic E-state index is 0.0548. The van der Waals surface area contributed by atoms with Crippen molar-refractivity contribution in [1.29, 1.82) is 5.26 Å². The van der Waals surface area contributed by atoms with Crippen LogP contribution in [-0.2, 0) is 0 Å². The summed E-state index contributed by atoms with van der Waals surface area (Å²) in [6.45, 7) is 12.9. The second-order valence-electron chi connectivity index (χ2n) is 11.1. The molecule has 2 aliphatic rings. The SMILES string of the molecule is CN1CCN(c2ccc(Nc3ncc(Cl)c(NC4CC(C)(C)N(C)C(C)(C)C4)n3)cc2C#N)CC1. The quantitative estimate of drug-likeness (QED) is 0.623. The first kappa shape index (κ1) is 25.5. The lowest BCUT2D eigenvalue weighted by Crippen LogP contribution is -2.61. The van der Waals surface area contributed by atoms with Gasteiger partial charge in [0.05, 0.1) is 17.4 Å². The summed E-state index contributed by atoms with van der Waals surface area (Å²) < 4.78 is 0. The van der Waals surface area contributed by atoms with Crippen LogP contribution < -0.4 is 15.5 Å². The van der Waals surface area contributed by atoms with E-state index >= 15 is 0 Å². The summed E-state index contributed by atoms with van der Waals surface area (Å²) in [7, 11) is 4.32. The molecule has 3 heterocycles. The van der Waals surface area contributed by atoms with Gasteiger partial charge in [0.15, 0.2) is 5.82 Å². The molecule has 8 nitrogen and oxygen atoms in total. The third-order valence-corrected chi connectivity index (χ3v) is 7.89. The van der Waals surface area contributed by atoms with E-state index in [1.54, 1.807) is 6.20 Å². The number of aromatic nitrogens is 2. The summed E-state index contributed by atoms with van der Waals surface area (Å²) >= 11 is 6.48. The van der Waals surface area contributed by atoms with E-state index in [1.807, 2.05) is 18.2 Å². The summed E-state index contributed by atoms with van der Waals surface area (Å²) in [5.41, 5.74) is 2.49. The normalized spacial score (nSPS) is 20.9. The van der Waals surface area contributed by atoms with Crippen molar-refractivity contribution in [3.05, 3.63) is 35.0 Å². The topological polar surface area (TPSA) is 83.3 Å². The molecule has 0 atom stereocenters. The molecule has 0 aliphatic carbocycles. The monoisotopic (exact) mass is 496 g/mol. The van der Waals surface area contributed by atoms with Gasteiger partial charge >= 0.3 is 0 Å². The molecule has 9 heteroatoms. The molecule has 2 saturated heterocycles. The molecule has 0 unspecified atom stereocenters. The van der Waals surface area contributed by atoms with Gasteiger partial charge in [0.1, 0.15) is 11.1 Å². The van der Waals surface area contributed by atoms with E-state index in [9.17, 15) is 5.26 Å². The number of hydrogen-bond donors (Lipinski definition) is 2. The Morgan fingerprint density at radius 3 is 2.34 bits per heavy atom. The Bertz CT molecular complexity index is 1080. The molecule has 2 aliphatic heterocycles. The number of nitrogens with zero attached hydrogens (tertiary/aromatic N) is 6. The zero-order valence-corrected chi connectivity index (χ0v) is 22.4. The molecule has 0 radical (unpaired) electrons. The molecule has 2 fully saturated rings. The predicted octanol–water partition coefficient (Wildman–Crippen LogP) is 4.56. The highest BCUT2D eigenvalue weighted by molar-refractivity contribution is 6.32. The number of piperazine rings is 1. The number of likely N-dealkylation sites (N-methyl/N-ethyl adjacent to an activating group) is 1. The van der Waals surface area contributed by atoms with Crippen molar-refractivity contribution >= 4 is 34.7 Å². The average molecular weight is 497 g/mol. The summed E-state index contributed by atoms with van der Waals surface area (Å²) in [5, 5.41) is 17.1. The summed E-state index contributed by atoms with van der Waals surface area (Å²) in [4.78, 5) is 16.1. The van der Waals surface area contributed by atoms with Crippen LogP contribution >= 0.6 is 11.6 Å². The van der Waals surface area contributed by atoms with Gasteiger partial charge in [0.25, 0.3) is 0 Å². The van der Waals surface area contributed by atoms with Crippen LogP contribution in [0.4, 0.5) is 23.1 Å². The van der Waals surface area contributed by atoms with E-state index in [4.69, 9.17) is 11.6 Å². The van der Waals surface area contributed by atoms with Crippen LogP contribution in [0.1, 0.15) is 46.1 Å². The maximum Gasteiger partial charge on any atom is 0.229 e. The zero-order chi connectivity index (χ0) is 25.4. The Balaban J connectivity index is 1.50. The van der Waals surface area contributed by atoms with Crippen molar-refractivity contribution in [3.8, 4) is 6.07 Å². The molecular formula is C26H37ClN8. The van der Waals surface area contributed by atoms with Gasteiger partial charge in [0, 0.05) is 49.0 Å². The van der Waals surface area contributed by atoms with Gasteiger partial charge in [-0.3, -0.25) is 4.90 Å². The molecule has 0 saturated carbocycles. The van der Waals surface area contributed by atoms with E-state index in [2.05, 4.69) is 83.2 Å². The van der Waals surface area contributed by atoms with E-state index in [-0.39, 0.29) is 17.1 Å². The summed E-state index contributed by atoms with van der Waals surface area (Å²) in [5.74, 6) is 1.07. The van der Waals surface area contributed by atoms with E-state index < -0.39 is 0 Å². The summed E-state index contributed by atoms with van der Waals surface area (Å²) in [6, 6.07) is 8.43. The molecule has 0 spiro atoms. The second-order valence-corrected chi connectivity index (χ2v) is 11.5. The molecule has 188 valence electrons. The van der Waals surface area contributed by atoms with E-state index in [1.165, 1.54) is 0 Å². The number of piperidine rings is 1. The lowest BCUT2D eigenvalue weighted by Gasteiger charge is -2.53. The Labute approximate surface area is 214 Å². The minimum Gasteiger partial charge on any atom is -0.368 e. The van der Waals surface area contributed by atoms with Crippen LogP contribution in [-0.4, -0.2) is 77.2 Å². The molecule has 2 N–H and O–H groups in total. The van der Waals surface area contributed by atoms with Crippen molar-refractivity contribution in [3.63, 3.8) is 0 Å². The van der Waals surface area contributed by atoms with Crippen molar-refractivity contribution in [2.24, 2.45) is 0 Å². The molecule has 2 aromatic rings. The Kier molecular flexibility index (Phi) is 7.14. The van der Waals surface area contributed by atoms with Crippen LogP contribution in [0.3, 0.4) is 0 Å². The lowest BCUT2D eigenvalue weighted by atomic mass is 9.77. The first-order chi connectivity index (χ1) is 16.5. The maximum absolute atomic E-state index is 9.78. The second kappa shape index (κ2) is 9.81. The van der Waals surface area contributed by atoms with Gasteiger partial charge in [-0.1, -0.05) is 11.6 Å². The Hall–Kier alpha value is -2.60. The van der Waals surface area contributed by atoms with Crippen molar-refractivity contribution in [2.75, 3.05) is 55.8 Å². The number of halogens is 1. The number of likely N-dealkylation sites (tertiary alicyclic amines) is 1. The molecule has 0 amide bonds. The molecule has 0 bridgehead atoms. The van der Waals surface area contributed by atoms with Gasteiger partial charge in [-0.05, 0) is 72.8 Å². The molecule has 1 aromatic heterocycles. The summed E-state index contributed by atoms with van der Waals surface area (Å²) in [6.07, 6.45) is 3.58. The first-order valence-electron chi connectivity index (χ1n) is 12.3. The first-order valence-corrected chi connectivity index (χ1v) is 12.6. The van der Waals surface area contributed by atoms with Crippen LogP contribution in [0.2, 0.25) is 5.02 Å². The highest BCUT2D eigenvalue weighted by atomic mass is 35.5.